The number of Topliss-reactive ketones (excluding diaryl/α,β-unsaturated/α-hetero) is 1. The minimum Gasteiger partial charge on any atom is -0.393 e. The van der Waals surface area contributed by atoms with Crippen LogP contribution in [-0.2, 0) is 4.79 Å². The second-order valence-corrected chi connectivity index (χ2v) is 4.32. The van der Waals surface area contributed by atoms with Crippen molar-refractivity contribution >= 4 is 5.78 Å². The maximum absolute atomic E-state index is 10.6. The highest BCUT2D eigenvalue weighted by Gasteiger charge is 2.17. The van der Waals surface area contributed by atoms with Gasteiger partial charge in [-0.25, -0.2) is 0 Å². The lowest BCUT2D eigenvalue weighted by molar-refractivity contribution is -0.119. The molecule has 0 saturated carbocycles. The molecule has 0 aliphatic heterocycles. The summed E-state index contributed by atoms with van der Waals surface area (Å²) in [4.78, 5) is 10.6. The molecule has 0 aromatic carbocycles. The lowest BCUT2D eigenvalue weighted by Crippen LogP contribution is -2.19. The molecular weight excluding hydrogens is 140 g/mol. The van der Waals surface area contributed by atoms with Crippen LogP contribution in [0.4, 0.5) is 0 Å². The molecular formula is C9H18O2. The zero-order chi connectivity index (χ0) is 9.07. The molecule has 0 aliphatic rings. The van der Waals surface area contributed by atoms with Gasteiger partial charge in [-0.05, 0) is 18.8 Å². The molecule has 0 amide bonds. The van der Waals surface area contributed by atoms with Crippen molar-refractivity contribution in [1.29, 1.82) is 0 Å². The molecule has 0 aromatic heterocycles. The van der Waals surface area contributed by atoms with Crippen molar-refractivity contribution < 1.29 is 9.90 Å². The van der Waals surface area contributed by atoms with E-state index in [4.69, 9.17) is 0 Å². The zero-order valence-electron chi connectivity index (χ0n) is 7.85. The predicted molar refractivity (Wildman–Crippen MR) is 45.4 cm³/mol. The van der Waals surface area contributed by atoms with Crippen LogP contribution in [0.15, 0.2) is 0 Å². The first kappa shape index (κ1) is 10.6. The third kappa shape index (κ3) is 7.53. The molecule has 0 rings (SSSR count). The van der Waals surface area contributed by atoms with Crippen LogP contribution in [-0.4, -0.2) is 17.0 Å². The Balaban J connectivity index is 3.69. The topological polar surface area (TPSA) is 37.3 Å². The minimum atomic E-state index is -0.465. The summed E-state index contributed by atoms with van der Waals surface area (Å²) >= 11 is 0. The zero-order valence-corrected chi connectivity index (χ0v) is 7.85. The fourth-order valence-corrected chi connectivity index (χ4v) is 1.11. The van der Waals surface area contributed by atoms with Crippen LogP contribution < -0.4 is 0 Å². The van der Waals surface area contributed by atoms with Crippen molar-refractivity contribution in [2.24, 2.45) is 5.41 Å². The molecule has 11 heavy (non-hydrogen) atoms. The van der Waals surface area contributed by atoms with E-state index in [9.17, 15) is 9.90 Å². The highest BCUT2D eigenvalue weighted by molar-refractivity contribution is 5.75. The van der Waals surface area contributed by atoms with Gasteiger partial charge >= 0.3 is 0 Å². The molecule has 0 aliphatic carbocycles. The number of rotatable bonds is 3. The van der Waals surface area contributed by atoms with E-state index in [1.807, 2.05) is 0 Å². The first-order valence-corrected chi connectivity index (χ1v) is 3.99. The molecule has 0 spiro atoms. The largest absolute Gasteiger partial charge is 0.393 e. The van der Waals surface area contributed by atoms with E-state index in [2.05, 4.69) is 20.8 Å². The fourth-order valence-electron chi connectivity index (χ4n) is 1.11. The second-order valence-electron chi connectivity index (χ2n) is 4.32. The molecule has 0 fully saturated rings. The van der Waals surface area contributed by atoms with Gasteiger partial charge in [-0.2, -0.15) is 0 Å². The lowest BCUT2D eigenvalue weighted by Gasteiger charge is -2.21. The van der Waals surface area contributed by atoms with Crippen molar-refractivity contribution in [1.82, 2.24) is 0 Å². The smallest absolute Gasteiger partial charge is 0.132 e. The number of aliphatic hydroxyl groups excluding tert-OH is 1. The first-order valence-electron chi connectivity index (χ1n) is 3.99. The van der Waals surface area contributed by atoms with Gasteiger partial charge in [-0.1, -0.05) is 20.8 Å². The van der Waals surface area contributed by atoms with E-state index in [0.29, 0.717) is 6.42 Å². The van der Waals surface area contributed by atoms with Gasteiger partial charge in [0.15, 0.2) is 0 Å². The van der Waals surface area contributed by atoms with Gasteiger partial charge in [-0.15, -0.1) is 0 Å². The number of hydrogen-bond acceptors (Lipinski definition) is 2. The average Bonchev–Trinajstić information content (AvgIpc) is 1.53. The summed E-state index contributed by atoms with van der Waals surface area (Å²) in [6.07, 6.45) is 0.511. The summed E-state index contributed by atoms with van der Waals surface area (Å²) in [5.74, 6) is 0.0572. The Morgan fingerprint density at radius 1 is 1.45 bits per heavy atom. The number of hydrogen-bond donors (Lipinski definition) is 1. The Hall–Kier alpha value is -0.370. The monoisotopic (exact) mass is 158 g/mol. The maximum Gasteiger partial charge on any atom is 0.132 e. The molecule has 0 heterocycles. The third-order valence-electron chi connectivity index (χ3n) is 1.37. The van der Waals surface area contributed by atoms with Crippen molar-refractivity contribution in [3.05, 3.63) is 0 Å². The summed E-state index contributed by atoms with van der Waals surface area (Å²) in [5, 5.41) is 9.33. The number of carbonyl (C=O) groups is 1. The van der Waals surface area contributed by atoms with Crippen LogP contribution in [0.5, 0.6) is 0 Å². The second kappa shape index (κ2) is 3.86. The molecule has 1 atom stereocenters. The Morgan fingerprint density at radius 3 is 2.18 bits per heavy atom. The average molecular weight is 158 g/mol. The normalized spacial score (nSPS) is 14.6. The van der Waals surface area contributed by atoms with Gasteiger partial charge in [-0.3, -0.25) is 4.79 Å². The van der Waals surface area contributed by atoms with Gasteiger partial charge in [0.25, 0.3) is 0 Å². The Morgan fingerprint density at radius 2 is 1.91 bits per heavy atom. The minimum absolute atomic E-state index is 0.0572. The van der Waals surface area contributed by atoms with E-state index in [1.165, 1.54) is 6.92 Å². The van der Waals surface area contributed by atoms with E-state index in [-0.39, 0.29) is 17.6 Å². The van der Waals surface area contributed by atoms with Gasteiger partial charge in [0.2, 0.25) is 0 Å². The van der Waals surface area contributed by atoms with E-state index in [0.717, 1.165) is 0 Å². The SMILES string of the molecule is CC(=O)C[C@H](O)CC(C)(C)C. The van der Waals surface area contributed by atoms with E-state index < -0.39 is 6.10 Å². The van der Waals surface area contributed by atoms with Gasteiger partial charge in [0, 0.05) is 6.42 Å². The van der Waals surface area contributed by atoms with Crippen molar-refractivity contribution in [3.63, 3.8) is 0 Å². The van der Waals surface area contributed by atoms with Crippen LogP contribution in [0.2, 0.25) is 0 Å². The summed E-state index contributed by atoms with van der Waals surface area (Å²) in [5.41, 5.74) is 0.106. The summed E-state index contributed by atoms with van der Waals surface area (Å²) in [6.45, 7) is 7.66. The first-order chi connectivity index (χ1) is 4.81. The molecule has 0 radical (unpaired) electrons. The lowest BCUT2D eigenvalue weighted by atomic mass is 9.88. The van der Waals surface area contributed by atoms with Crippen LogP contribution >= 0.6 is 0 Å². The molecule has 2 heteroatoms. The Bertz CT molecular complexity index is 133. The maximum atomic E-state index is 10.6. The van der Waals surface area contributed by atoms with Crippen LogP contribution in [0.1, 0.15) is 40.5 Å². The molecule has 66 valence electrons. The van der Waals surface area contributed by atoms with Gasteiger partial charge < -0.3 is 5.11 Å². The summed E-state index contributed by atoms with van der Waals surface area (Å²) < 4.78 is 0. The predicted octanol–water partition coefficient (Wildman–Crippen LogP) is 1.76. The third-order valence-corrected chi connectivity index (χ3v) is 1.37. The number of ketones is 1. The number of carbonyl (C=O) groups excluding carboxylic acids is 1. The Kier molecular flexibility index (Phi) is 3.73. The summed E-state index contributed by atoms with van der Waals surface area (Å²) in [7, 11) is 0. The van der Waals surface area contributed by atoms with Crippen LogP contribution in [0.25, 0.3) is 0 Å². The summed E-state index contributed by atoms with van der Waals surface area (Å²) in [6, 6.07) is 0. The van der Waals surface area contributed by atoms with Gasteiger partial charge in [0.05, 0.1) is 6.10 Å². The Labute approximate surface area is 68.6 Å². The quantitative estimate of drug-likeness (QED) is 0.679. The highest BCUT2D eigenvalue weighted by Crippen LogP contribution is 2.21. The standard InChI is InChI=1S/C9H18O2/c1-7(10)5-8(11)6-9(2,3)4/h8,11H,5-6H2,1-4H3/t8-/m0/s1. The van der Waals surface area contributed by atoms with Crippen molar-refractivity contribution in [2.45, 2.75) is 46.6 Å². The van der Waals surface area contributed by atoms with Gasteiger partial charge in [0.1, 0.15) is 5.78 Å². The molecule has 0 aromatic rings. The molecule has 2 nitrogen and oxygen atoms in total. The van der Waals surface area contributed by atoms with Crippen molar-refractivity contribution in [2.75, 3.05) is 0 Å². The fraction of sp³-hybridized carbons (Fsp3) is 0.889. The number of aliphatic hydroxyl groups is 1. The van der Waals surface area contributed by atoms with E-state index in [1.54, 1.807) is 0 Å². The van der Waals surface area contributed by atoms with E-state index >= 15 is 0 Å². The van der Waals surface area contributed by atoms with Crippen LogP contribution in [0, 0.1) is 5.41 Å². The molecule has 0 bridgehead atoms. The van der Waals surface area contributed by atoms with Crippen LogP contribution in [0.3, 0.4) is 0 Å². The molecule has 0 saturated heterocycles. The molecule has 0 unspecified atom stereocenters. The van der Waals surface area contributed by atoms with Crippen molar-refractivity contribution in [3.8, 4) is 0 Å². The molecule has 1 N–H and O–H groups in total. The highest BCUT2D eigenvalue weighted by atomic mass is 16.3.